The van der Waals surface area contributed by atoms with Crippen LogP contribution in [0.5, 0.6) is 5.75 Å². The molecule has 98 valence electrons. The van der Waals surface area contributed by atoms with Crippen molar-refractivity contribution in [2.75, 3.05) is 6.61 Å². The average molecular weight is 263 g/mol. The standard InChI is InChI=1S/C17H13NO2/c19-17(13-9-18-15-7-3-1-5-11(13)15)14-10-20-16-8-4-2-6-12(14)16/h1-9,14,18H,10H2. The molecular formula is C17H13NO2. The number of ketones is 1. The van der Waals surface area contributed by atoms with Crippen molar-refractivity contribution >= 4 is 16.7 Å². The number of carbonyl (C=O) groups excluding carboxylic acids is 1. The van der Waals surface area contributed by atoms with Crippen LogP contribution in [0.25, 0.3) is 10.9 Å². The van der Waals surface area contributed by atoms with Crippen LogP contribution < -0.4 is 4.74 Å². The molecule has 0 bridgehead atoms. The zero-order valence-corrected chi connectivity index (χ0v) is 10.8. The molecule has 1 aromatic heterocycles. The van der Waals surface area contributed by atoms with Crippen molar-refractivity contribution in [3.63, 3.8) is 0 Å². The van der Waals surface area contributed by atoms with Crippen molar-refractivity contribution in [2.45, 2.75) is 5.92 Å². The molecule has 1 aliphatic rings. The van der Waals surface area contributed by atoms with E-state index in [9.17, 15) is 4.79 Å². The molecule has 0 amide bonds. The highest BCUT2D eigenvalue weighted by Gasteiger charge is 2.31. The number of aromatic nitrogens is 1. The predicted molar refractivity (Wildman–Crippen MR) is 77.3 cm³/mol. The lowest BCUT2D eigenvalue weighted by Gasteiger charge is -2.06. The van der Waals surface area contributed by atoms with E-state index in [2.05, 4.69) is 4.98 Å². The predicted octanol–water partition coefficient (Wildman–Crippen LogP) is 3.53. The zero-order valence-electron chi connectivity index (χ0n) is 10.8. The highest BCUT2D eigenvalue weighted by atomic mass is 16.5. The zero-order chi connectivity index (χ0) is 13.5. The third-order valence-corrected chi connectivity index (χ3v) is 3.87. The van der Waals surface area contributed by atoms with Gasteiger partial charge in [-0.25, -0.2) is 0 Å². The number of hydrogen-bond acceptors (Lipinski definition) is 2. The number of H-pyrrole nitrogens is 1. The van der Waals surface area contributed by atoms with E-state index in [1.54, 1.807) is 6.20 Å². The van der Waals surface area contributed by atoms with Gasteiger partial charge in [0.15, 0.2) is 5.78 Å². The average Bonchev–Trinajstić information content (AvgIpc) is 3.11. The summed E-state index contributed by atoms with van der Waals surface area (Å²) in [6.45, 7) is 0.428. The molecule has 0 saturated heterocycles. The smallest absolute Gasteiger partial charge is 0.176 e. The molecule has 2 heterocycles. The van der Waals surface area contributed by atoms with Gasteiger partial charge >= 0.3 is 0 Å². The quantitative estimate of drug-likeness (QED) is 0.719. The summed E-state index contributed by atoms with van der Waals surface area (Å²) in [4.78, 5) is 15.9. The fourth-order valence-electron chi connectivity index (χ4n) is 2.84. The van der Waals surface area contributed by atoms with E-state index in [0.717, 1.165) is 27.8 Å². The van der Waals surface area contributed by atoms with Crippen LogP contribution in [-0.4, -0.2) is 17.4 Å². The fraction of sp³-hybridized carbons (Fsp3) is 0.118. The van der Waals surface area contributed by atoms with Gasteiger partial charge < -0.3 is 9.72 Å². The van der Waals surface area contributed by atoms with Crippen LogP contribution in [0, 0.1) is 0 Å². The molecule has 3 aromatic rings. The lowest BCUT2D eigenvalue weighted by molar-refractivity contribution is 0.0949. The topological polar surface area (TPSA) is 42.1 Å². The van der Waals surface area contributed by atoms with E-state index in [1.165, 1.54) is 0 Å². The summed E-state index contributed by atoms with van der Waals surface area (Å²) in [6.07, 6.45) is 1.80. The van der Waals surface area contributed by atoms with Crippen LogP contribution in [0.2, 0.25) is 0 Å². The minimum atomic E-state index is -0.203. The van der Waals surface area contributed by atoms with E-state index in [4.69, 9.17) is 4.74 Å². The molecule has 1 unspecified atom stereocenters. The number of para-hydroxylation sites is 2. The summed E-state index contributed by atoms with van der Waals surface area (Å²) in [5, 5.41) is 0.974. The van der Waals surface area contributed by atoms with E-state index in [1.807, 2.05) is 48.5 Å². The van der Waals surface area contributed by atoms with Crippen molar-refractivity contribution in [3.05, 3.63) is 65.9 Å². The molecule has 3 nitrogen and oxygen atoms in total. The third kappa shape index (κ3) is 1.56. The molecule has 2 aromatic carbocycles. The molecule has 0 spiro atoms. The van der Waals surface area contributed by atoms with E-state index in [0.29, 0.717) is 6.61 Å². The first-order chi connectivity index (χ1) is 9.84. The number of carbonyl (C=O) groups is 1. The lowest BCUT2D eigenvalue weighted by Crippen LogP contribution is -2.13. The Hall–Kier alpha value is -2.55. The molecule has 4 rings (SSSR count). The highest BCUT2D eigenvalue weighted by molar-refractivity contribution is 6.11. The summed E-state index contributed by atoms with van der Waals surface area (Å²) in [7, 11) is 0. The molecule has 0 aliphatic carbocycles. The Bertz CT molecular complexity index is 803. The van der Waals surface area contributed by atoms with Crippen LogP contribution >= 0.6 is 0 Å². The second-order valence-corrected chi connectivity index (χ2v) is 5.01. The maximum Gasteiger partial charge on any atom is 0.176 e. The Labute approximate surface area is 116 Å². The number of ether oxygens (including phenoxy) is 1. The molecule has 1 atom stereocenters. The molecule has 3 heteroatoms. The minimum absolute atomic E-state index is 0.118. The molecule has 20 heavy (non-hydrogen) atoms. The highest BCUT2D eigenvalue weighted by Crippen LogP contribution is 2.36. The van der Waals surface area contributed by atoms with Crippen molar-refractivity contribution in [2.24, 2.45) is 0 Å². The van der Waals surface area contributed by atoms with Gasteiger partial charge in [0.2, 0.25) is 0 Å². The van der Waals surface area contributed by atoms with Gasteiger partial charge in [-0.05, 0) is 12.1 Å². The number of fused-ring (bicyclic) bond motifs is 2. The van der Waals surface area contributed by atoms with Crippen molar-refractivity contribution in [3.8, 4) is 5.75 Å². The van der Waals surface area contributed by atoms with Crippen molar-refractivity contribution in [1.29, 1.82) is 0 Å². The summed E-state index contributed by atoms with van der Waals surface area (Å²) in [6, 6.07) is 15.6. The first kappa shape index (κ1) is 11.3. The third-order valence-electron chi connectivity index (χ3n) is 3.87. The molecule has 1 aliphatic heterocycles. The lowest BCUT2D eigenvalue weighted by atomic mass is 9.92. The van der Waals surface area contributed by atoms with Gasteiger partial charge in [-0.2, -0.15) is 0 Å². The summed E-state index contributed by atoms with van der Waals surface area (Å²) in [5.41, 5.74) is 2.72. The largest absolute Gasteiger partial charge is 0.492 e. The van der Waals surface area contributed by atoms with E-state index in [-0.39, 0.29) is 11.7 Å². The summed E-state index contributed by atoms with van der Waals surface area (Å²) in [5.74, 6) is 0.739. The van der Waals surface area contributed by atoms with Crippen LogP contribution in [-0.2, 0) is 0 Å². The summed E-state index contributed by atoms with van der Waals surface area (Å²) >= 11 is 0. The van der Waals surface area contributed by atoms with Crippen LogP contribution in [0.1, 0.15) is 21.8 Å². The number of Topliss-reactive ketones (excluding diaryl/α,β-unsaturated/α-hetero) is 1. The second kappa shape index (κ2) is 4.23. The normalized spacial score (nSPS) is 16.9. The number of benzene rings is 2. The number of aromatic amines is 1. The number of nitrogens with one attached hydrogen (secondary N) is 1. The Morgan fingerprint density at radius 3 is 2.85 bits per heavy atom. The SMILES string of the molecule is O=C(c1c[nH]c2ccccc12)C1COc2ccccc21. The first-order valence-corrected chi connectivity index (χ1v) is 6.66. The van der Waals surface area contributed by atoms with Gasteiger partial charge in [-0.15, -0.1) is 0 Å². The molecule has 0 saturated carbocycles. The van der Waals surface area contributed by atoms with Crippen LogP contribution in [0.3, 0.4) is 0 Å². The van der Waals surface area contributed by atoms with Gasteiger partial charge in [0, 0.05) is 28.2 Å². The number of hydrogen-bond donors (Lipinski definition) is 1. The van der Waals surface area contributed by atoms with Crippen molar-refractivity contribution < 1.29 is 9.53 Å². The molecule has 0 fully saturated rings. The van der Waals surface area contributed by atoms with Gasteiger partial charge in [0.1, 0.15) is 12.4 Å². The molecule has 1 N–H and O–H groups in total. The van der Waals surface area contributed by atoms with Crippen LogP contribution in [0.4, 0.5) is 0 Å². The maximum absolute atomic E-state index is 12.8. The molecular weight excluding hydrogens is 250 g/mol. The van der Waals surface area contributed by atoms with Gasteiger partial charge in [-0.1, -0.05) is 36.4 Å². The van der Waals surface area contributed by atoms with Crippen LogP contribution in [0.15, 0.2) is 54.7 Å². The Morgan fingerprint density at radius 2 is 1.90 bits per heavy atom. The van der Waals surface area contributed by atoms with Gasteiger partial charge in [0.25, 0.3) is 0 Å². The van der Waals surface area contributed by atoms with Gasteiger partial charge in [-0.3, -0.25) is 4.79 Å². The monoisotopic (exact) mass is 263 g/mol. The summed E-state index contributed by atoms with van der Waals surface area (Å²) < 4.78 is 5.61. The number of rotatable bonds is 2. The van der Waals surface area contributed by atoms with Gasteiger partial charge in [0.05, 0.1) is 5.92 Å². The Balaban J connectivity index is 1.79. The maximum atomic E-state index is 12.8. The second-order valence-electron chi connectivity index (χ2n) is 5.01. The Morgan fingerprint density at radius 1 is 1.10 bits per heavy atom. The Kier molecular flexibility index (Phi) is 2.39. The molecule has 0 radical (unpaired) electrons. The first-order valence-electron chi connectivity index (χ1n) is 6.66. The van der Waals surface area contributed by atoms with E-state index >= 15 is 0 Å². The van der Waals surface area contributed by atoms with E-state index < -0.39 is 0 Å². The minimum Gasteiger partial charge on any atom is -0.492 e. The van der Waals surface area contributed by atoms with Crippen molar-refractivity contribution in [1.82, 2.24) is 4.98 Å². The fourth-order valence-corrected chi connectivity index (χ4v) is 2.84.